The molecule has 0 fully saturated rings. The molecule has 14 nitrogen and oxygen atoms in total. The number of rotatable bonds is 6. The zero-order valence-corrected chi connectivity index (χ0v) is 39.6. The maximum absolute atomic E-state index is 12.9. The van der Waals surface area contributed by atoms with E-state index in [1.807, 2.05) is 80.6 Å². The van der Waals surface area contributed by atoms with Crippen LogP contribution in [0.15, 0.2) is 120 Å². The van der Waals surface area contributed by atoms with Crippen molar-refractivity contribution in [2.45, 2.75) is 46.9 Å². The lowest BCUT2D eigenvalue weighted by Crippen LogP contribution is -2.19. The molecule has 0 atom stereocenters. The minimum Gasteiger partial charge on any atom is -0.481 e. The molecular formula is C42H42Br2Cl2N8O6S3. The molecule has 63 heavy (non-hydrogen) atoms. The van der Waals surface area contributed by atoms with Crippen LogP contribution in [-0.4, -0.2) is 54.3 Å². The van der Waals surface area contributed by atoms with Crippen LogP contribution in [0.2, 0.25) is 10.0 Å². The Morgan fingerprint density at radius 2 is 1.19 bits per heavy atom. The fourth-order valence-electron chi connectivity index (χ4n) is 5.21. The molecule has 8 rings (SSSR count). The average molecular weight is 1080 g/mol. The minimum atomic E-state index is -3.48. The molecule has 0 bridgehead atoms. The lowest BCUT2D eigenvalue weighted by Gasteiger charge is -2.10. The van der Waals surface area contributed by atoms with Crippen LogP contribution in [0.5, 0.6) is 0 Å². The van der Waals surface area contributed by atoms with Crippen molar-refractivity contribution in [3.05, 3.63) is 148 Å². The van der Waals surface area contributed by atoms with Crippen molar-refractivity contribution in [1.82, 2.24) is 29.1 Å². The number of nitrogens with one attached hydrogen (secondary N) is 1. The largest absolute Gasteiger partial charge is 0.481 e. The van der Waals surface area contributed by atoms with Crippen molar-refractivity contribution < 1.29 is 18.3 Å². The van der Waals surface area contributed by atoms with Gasteiger partial charge in [-0.3, -0.25) is 23.5 Å². The van der Waals surface area contributed by atoms with E-state index in [1.54, 1.807) is 18.2 Å². The van der Waals surface area contributed by atoms with Crippen LogP contribution in [0.4, 0.5) is 16.5 Å². The summed E-state index contributed by atoms with van der Waals surface area (Å²) in [4.78, 5) is 51.5. The number of carbonyl (C=O) groups is 1. The predicted molar refractivity (Wildman–Crippen MR) is 266 cm³/mol. The number of halogens is 4. The van der Waals surface area contributed by atoms with Gasteiger partial charge >= 0.3 is 0 Å². The smallest absolute Gasteiger partial charge is 0.300 e. The van der Waals surface area contributed by atoms with Gasteiger partial charge in [0.2, 0.25) is 14.2 Å². The number of benzene rings is 4. The zero-order valence-electron chi connectivity index (χ0n) is 32.4. The van der Waals surface area contributed by atoms with Crippen LogP contribution in [0.25, 0.3) is 32.1 Å². The van der Waals surface area contributed by atoms with Crippen LogP contribution in [0, 0.1) is 13.8 Å². The van der Waals surface area contributed by atoms with Gasteiger partial charge in [-0.1, -0.05) is 124 Å². The molecule has 0 unspecified atom stereocenters. The number of carboxylic acids is 1. The molecule has 0 amide bonds. The summed E-state index contributed by atoms with van der Waals surface area (Å²) in [5.41, 5.74) is 9.95. The van der Waals surface area contributed by atoms with Crippen molar-refractivity contribution in [1.29, 1.82) is 0 Å². The fourth-order valence-corrected chi connectivity index (χ4v) is 9.50. The van der Waals surface area contributed by atoms with Crippen molar-refractivity contribution in [2.24, 2.45) is 0 Å². The van der Waals surface area contributed by atoms with Gasteiger partial charge in [0.1, 0.15) is 22.1 Å². The van der Waals surface area contributed by atoms with E-state index < -0.39 is 15.8 Å². The summed E-state index contributed by atoms with van der Waals surface area (Å²) in [6, 6.07) is 26.1. The van der Waals surface area contributed by atoms with E-state index in [9.17, 15) is 18.0 Å². The van der Waals surface area contributed by atoms with Crippen molar-refractivity contribution in [3.8, 4) is 11.4 Å². The minimum absolute atomic E-state index is 0. The Morgan fingerprint density at radius 3 is 1.62 bits per heavy atom. The molecule has 0 radical (unpaired) electrons. The number of aryl methyl sites for hydroxylation is 2. The van der Waals surface area contributed by atoms with Crippen molar-refractivity contribution in [2.75, 3.05) is 16.8 Å². The number of nitrogens with two attached hydrogens (primary N) is 1. The molecule has 21 heteroatoms. The molecular weight excluding hydrogens is 1040 g/mol. The Morgan fingerprint density at radius 1 is 0.762 bits per heavy atom. The molecule has 0 saturated heterocycles. The number of hydrogen-bond acceptors (Lipinski definition) is 13. The second kappa shape index (κ2) is 23.1. The normalized spacial score (nSPS) is 10.5. The number of aromatic nitrogens is 6. The van der Waals surface area contributed by atoms with Gasteiger partial charge in [-0.15, -0.1) is 0 Å². The Balaban J connectivity index is 0.000000261. The summed E-state index contributed by atoms with van der Waals surface area (Å²) >= 11 is 21.3. The molecule has 4 aromatic heterocycles. The van der Waals surface area contributed by atoms with E-state index in [1.165, 1.54) is 40.0 Å². The highest BCUT2D eigenvalue weighted by Crippen LogP contribution is 2.29. The number of anilines is 3. The van der Waals surface area contributed by atoms with E-state index in [0.717, 1.165) is 49.7 Å². The van der Waals surface area contributed by atoms with Crippen LogP contribution in [-0.2, 0) is 14.6 Å². The van der Waals surface area contributed by atoms with E-state index in [-0.39, 0.29) is 46.4 Å². The molecule has 0 saturated carbocycles. The molecule has 0 spiro atoms. The monoisotopic (exact) mass is 1080 g/mol. The molecule has 4 heterocycles. The lowest BCUT2D eigenvalue weighted by atomic mass is 10.2. The van der Waals surface area contributed by atoms with Gasteiger partial charge in [0.15, 0.2) is 16.4 Å². The number of aliphatic carboxylic acids is 1. The number of nitrogen functional groups attached to an aromatic ring is 1. The summed E-state index contributed by atoms with van der Waals surface area (Å²) < 4.78 is 29.3. The van der Waals surface area contributed by atoms with Gasteiger partial charge in [0.25, 0.3) is 17.1 Å². The van der Waals surface area contributed by atoms with Crippen molar-refractivity contribution in [3.63, 3.8) is 0 Å². The van der Waals surface area contributed by atoms with Gasteiger partial charge in [0.05, 0.1) is 27.2 Å². The SMILES string of the molecule is C.C.CC(=O)O.CCS(=O)(=O)c1nc2ncn(-c3c(C)cccc3Cl)c(=O)c2s1.Cc1cccc(Cl)c1-n1cnc2nc(Nc3ccc(Br)cc3)sc2c1=O.Nc1ccc(Br)cc1. The van der Waals surface area contributed by atoms with Gasteiger partial charge < -0.3 is 16.2 Å². The summed E-state index contributed by atoms with van der Waals surface area (Å²) in [5, 5.41) is 12.2. The number of fused-ring (bicyclic) bond motifs is 2. The summed E-state index contributed by atoms with van der Waals surface area (Å²) in [7, 11) is -3.48. The third-order valence-corrected chi connectivity index (χ3v) is 13.9. The third-order valence-electron chi connectivity index (χ3n) is 8.09. The van der Waals surface area contributed by atoms with Gasteiger partial charge in [-0.25, -0.2) is 23.4 Å². The summed E-state index contributed by atoms with van der Waals surface area (Å²) in [5.74, 6) is -0.912. The number of para-hydroxylation sites is 2. The Bertz CT molecular complexity index is 3020. The van der Waals surface area contributed by atoms with Crippen LogP contribution < -0.4 is 22.2 Å². The quantitative estimate of drug-likeness (QED) is 0.133. The molecule has 0 aliphatic carbocycles. The lowest BCUT2D eigenvalue weighted by molar-refractivity contribution is -0.134. The highest BCUT2D eigenvalue weighted by Gasteiger charge is 2.21. The molecule has 8 aromatic rings. The Kier molecular flexibility index (Phi) is 19.2. The first-order chi connectivity index (χ1) is 28.9. The Hall–Kier alpha value is -5.02. The maximum atomic E-state index is 12.9. The first-order valence-electron chi connectivity index (χ1n) is 17.6. The molecule has 0 aliphatic rings. The van der Waals surface area contributed by atoms with Crippen LogP contribution >= 0.6 is 77.7 Å². The Labute approximate surface area is 398 Å². The highest BCUT2D eigenvalue weighted by molar-refractivity contribution is 9.10. The number of hydrogen-bond donors (Lipinski definition) is 3. The number of sulfone groups is 1. The molecule has 0 aliphatic heterocycles. The second-order valence-corrected chi connectivity index (χ2v) is 19.7. The van der Waals surface area contributed by atoms with Gasteiger partial charge in [-0.05, 0) is 85.6 Å². The number of thiazole rings is 2. The zero-order chi connectivity index (χ0) is 44.6. The predicted octanol–water partition coefficient (Wildman–Crippen LogP) is 11.3. The van der Waals surface area contributed by atoms with E-state index in [0.29, 0.717) is 36.9 Å². The molecule has 332 valence electrons. The van der Waals surface area contributed by atoms with E-state index >= 15 is 0 Å². The number of nitrogens with zero attached hydrogens (tertiary/aromatic N) is 6. The van der Waals surface area contributed by atoms with Gasteiger partial charge in [-0.2, -0.15) is 4.98 Å². The van der Waals surface area contributed by atoms with Crippen LogP contribution in [0.1, 0.15) is 39.8 Å². The number of carboxylic acid groups (broad SMARTS) is 1. The van der Waals surface area contributed by atoms with Crippen LogP contribution in [0.3, 0.4) is 0 Å². The average Bonchev–Trinajstić information content (AvgIpc) is 3.85. The van der Waals surface area contributed by atoms with E-state index in [4.69, 9.17) is 38.8 Å². The maximum Gasteiger partial charge on any atom is 0.300 e. The standard InChI is InChI=1S/C18H12BrClN4OS.C14H12ClN3O3S2.C6H6BrN.C2H4O2.2CH4/c1-10-3-2-4-13(20)14(10)24-9-21-16-15(17(24)25)26-18(23-16)22-12-7-5-11(19)6-8-12;1-3-23(20,21)14-17-12-11(22-14)13(19)18(7-16-12)10-8(2)5-4-6-9(10)15;7-5-1-3-6(8)4-2-5;1-2(3)4;;/h2-9H,1H3,(H,22,23);4-7H,3H2,1-2H3;1-4H,8H2;1H3,(H,3,4);2*1H4. The van der Waals surface area contributed by atoms with Gasteiger partial charge in [0, 0.05) is 27.2 Å². The third kappa shape index (κ3) is 13.3. The molecule has 4 N–H and O–H groups in total. The van der Waals surface area contributed by atoms with Crippen molar-refractivity contribution >= 4 is 131 Å². The first-order valence-corrected chi connectivity index (χ1v) is 23.3. The summed E-state index contributed by atoms with van der Waals surface area (Å²) in [6.07, 6.45) is 2.79. The summed E-state index contributed by atoms with van der Waals surface area (Å²) in [6.45, 7) is 6.35. The fraction of sp³-hybridized carbons (Fsp3) is 0.167. The second-order valence-electron chi connectivity index (χ2n) is 12.6. The topological polar surface area (TPSA) is 205 Å². The van der Waals surface area contributed by atoms with E-state index in [2.05, 4.69) is 57.1 Å². The highest BCUT2D eigenvalue weighted by atomic mass is 79.9. The molecule has 4 aromatic carbocycles. The first kappa shape index (κ1) is 52.3.